The largest absolute Gasteiger partial charge is 0.361 e. The Morgan fingerprint density at radius 2 is 1.41 bits per heavy atom. The van der Waals surface area contributed by atoms with Gasteiger partial charge in [-0.2, -0.15) is 0 Å². The number of rotatable bonds is 2. The van der Waals surface area contributed by atoms with E-state index in [2.05, 4.69) is 89.3 Å². The van der Waals surface area contributed by atoms with Gasteiger partial charge in [-0.05, 0) is 19.1 Å². The highest BCUT2D eigenvalue weighted by Gasteiger charge is 2.21. The van der Waals surface area contributed by atoms with Crippen LogP contribution in [0, 0.1) is 6.92 Å². The third-order valence-corrected chi connectivity index (χ3v) is 5.64. The number of aryl methyl sites for hydroxylation is 1. The number of aromatic amines is 2. The van der Waals surface area contributed by atoms with E-state index in [0.717, 1.165) is 38.6 Å². The zero-order valence-electron chi connectivity index (χ0n) is 15.6. The van der Waals surface area contributed by atoms with Gasteiger partial charge in [-0.1, -0.05) is 49.6 Å². The molecule has 5 aromatic rings. The Labute approximate surface area is 157 Å². The predicted molar refractivity (Wildman–Crippen MR) is 115 cm³/mol. The van der Waals surface area contributed by atoms with Crippen LogP contribution in [0.2, 0.25) is 0 Å². The second-order valence-corrected chi connectivity index (χ2v) is 7.12. The first kappa shape index (κ1) is 15.8. The number of fused-ring (bicyclic) bond motifs is 2. The highest BCUT2D eigenvalue weighted by atomic mass is 14.9. The van der Waals surface area contributed by atoms with E-state index >= 15 is 0 Å². The fourth-order valence-corrected chi connectivity index (χ4v) is 4.22. The van der Waals surface area contributed by atoms with Crippen LogP contribution in [-0.2, 0) is 7.05 Å². The molecule has 3 nitrogen and oxygen atoms in total. The molecule has 3 heterocycles. The molecule has 5 rings (SSSR count). The predicted octanol–water partition coefficient (Wildman–Crippen LogP) is 4.45. The lowest BCUT2D eigenvalue weighted by Crippen LogP contribution is -2.21. The Morgan fingerprint density at radius 3 is 2.19 bits per heavy atom. The third kappa shape index (κ3) is 2.08. The van der Waals surface area contributed by atoms with Crippen LogP contribution in [0.1, 0.15) is 5.69 Å². The minimum atomic E-state index is 0.976. The molecule has 27 heavy (non-hydrogen) atoms. The number of aromatic nitrogens is 3. The van der Waals surface area contributed by atoms with Crippen LogP contribution in [0.15, 0.2) is 54.7 Å². The molecule has 0 spiro atoms. The van der Waals surface area contributed by atoms with Gasteiger partial charge in [-0.25, -0.2) is 0 Å². The molecule has 0 atom stereocenters. The lowest BCUT2D eigenvalue weighted by molar-refractivity contribution is 0.866. The molecule has 0 radical (unpaired) electrons. The van der Waals surface area contributed by atoms with Gasteiger partial charge < -0.3 is 14.5 Å². The van der Waals surface area contributed by atoms with E-state index in [1.807, 2.05) is 7.05 Å². The molecule has 0 aliphatic rings. The Bertz CT molecular complexity index is 1430. The Kier molecular flexibility index (Phi) is 3.22. The molecule has 0 aliphatic heterocycles. The molecular formula is C24H21N3. The Morgan fingerprint density at radius 1 is 0.778 bits per heavy atom. The highest BCUT2D eigenvalue weighted by molar-refractivity contribution is 6.05. The maximum Gasteiger partial charge on any atom is 0.0462 e. The number of hydrogen-bond donors (Lipinski definition) is 2. The lowest BCUT2D eigenvalue weighted by Gasteiger charge is -2.05. The quantitative estimate of drug-likeness (QED) is 0.471. The first-order valence-electron chi connectivity index (χ1n) is 9.08. The van der Waals surface area contributed by atoms with Crippen molar-refractivity contribution >= 4 is 35.0 Å². The molecule has 3 heteroatoms. The van der Waals surface area contributed by atoms with Crippen molar-refractivity contribution in [3.05, 3.63) is 71.1 Å². The summed E-state index contributed by atoms with van der Waals surface area (Å²) < 4.78 is 2.09. The van der Waals surface area contributed by atoms with Crippen molar-refractivity contribution in [3.63, 3.8) is 0 Å². The van der Waals surface area contributed by atoms with Crippen LogP contribution in [0.5, 0.6) is 0 Å². The second kappa shape index (κ2) is 5.52. The maximum absolute atomic E-state index is 4.39. The van der Waals surface area contributed by atoms with E-state index in [1.165, 1.54) is 21.9 Å². The molecule has 0 fully saturated rings. The van der Waals surface area contributed by atoms with Crippen molar-refractivity contribution in [2.45, 2.75) is 6.92 Å². The first-order valence-corrected chi connectivity index (χ1v) is 9.08. The minimum Gasteiger partial charge on any atom is -0.361 e. The summed E-state index contributed by atoms with van der Waals surface area (Å²) in [6.07, 6.45) is 2.09. The van der Waals surface area contributed by atoms with Crippen LogP contribution >= 0.6 is 0 Å². The van der Waals surface area contributed by atoms with Crippen LogP contribution in [-0.4, -0.2) is 14.5 Å². The van der Waals surface area contributed by atoms with E-state index in [1.54, 1.807) is 0 Å². The number of para-hydroxylation sites is 2. The average Bonchev–Trinajstić information content (AvgIpc) is 3.30. The van der Waals surface area contributed by atoms with Gasteiger partial charge in [0.1, 0.15) is 0 Å². The van der Waals surface area contributed by atoms with Gasteiger partial charge in [0.05, 0.1) is 0 Å². The van der Waals surface area contributed by atoms with Gasteiger partial charge in [-0.3, -0.25) is 0 Å². The summed E-state index contributed by atoms with van der Waals surface area (Å²) in [6.45, 7) is 10.9. The fraction of sp³-hybridized carbons (Fsp3) is 0.0833. The van der Waals surface area contributed by atoms with Crippen molar-refractivity contribution in [3.8, 4) is 22.3 Å². The van der Waals surface area contributed by atoms with Crippen LogP contribution in [0.3, 0.4) is 0 Å². The molecule has 2 N–H and O–H groups in total. The normalized spacial score (nSPS) is 11.6. The third-order valence-electron chi connectivity index (χ3n) is 5.64. The van der Waals surface area contributed by atoms with Crippen LogP contribution in [0.4, 0.5) is 0 Å². The van der Waals surface area contributed by atoms with E-state index in [-0.39, 0.29) is 0 Å². The van der Waals surface area contributed by atoms with E-state index in [0.29, 0.717) is 0 Å². The van der Waals surface area contributed by atoms with E-state index in [4.69, 9.17) is 0 Å². The maximum atomic E-state index is 4.39. The summed E-state index contributed by atoms with van der Waals surface area (Å²) in [6, 6.07) is 16.8. The molecule has 2 aromatic carbocycles. The summed E-state index contributed by atoms with van der Waals surface area (Å²) in [5, 5.41) is 4.37. The fourth-order valence-electron chi connectivity index (χ4n) is 4.22. The average molecular weight is 351 g/mol. The molecular weight excluding hydrogens is 330 g/mol. The SMILES string of the molecule is C=c1c(-c2c[nH]c3ccccc23)c(-c2c(C)[nH]c3ccccc23)c(=C)n1C. The molecule has 0 amide bonds. The van der Waals surface area contributed by atoms with Gasteiger partial charge in [0, 0.05) is 73.7 Å². The van der Waals surface area contributed by atoms with Gasteiger partial charge >= 0.3 is 0 Å². The summed E-state index contributed by atoms with van der Waals surface area (Å²) in [7, 11) is 2.04. The molecule has 132 valence electrons. The molecule has 0 unspecified atom stereocenters. The minimum absolute atomic E-state index is 0.976. The molecule has 0 saturated heterocycles. The lowest BCUT2D eigenvalue weighted by atomic mass is 9.95. The summed E-state index contributed by atoms with van der Waals surface area (Å²) in [4.78, 5) is 6.93. The standard InChI is InChI=1S/C24H21N3/c1-14-22(18-10-6-8-12-21(18)26-14)24-16(3)27(4)15(2)23(24)19-13-25-20-11-7-5-9-17(19)20/h5-13,25-26H,2-3H2,1,4H3. The molecule has 3 aromatic heterocycles. The highest BCUT2D eigenvalue weighted by Crippen LogP contribution is 2.37. The topological polar surface area (TPSA) is 36.5 Å². The van der Waals surface area contributed by atoms with Gasteiger partial charge in [0.2, 0.25) is 0 Å². The Balaban J connectivity index is 1.95. The van der Waals surface area contributed by atoms with Crippen LogP contribution < -0.4 is 10.7 Å². The number of benzene rings is 2. The van der Waals surface area contributed by atoms with Gasteiger partial charge in [0.15, 0.2) is 0 Å². The second-order valence-electron chi connectivity index (χ2n) is 7.12. The summed E-state index contributed by atoms with van der Waals surface area (Å²) >= 11 is 0. The van der Waals surface area contributed by atoms with Crippen molar-refractivity contribution in [2.75, 3.05) is 0 Å². The summed E-state index contributed by atoms with van der Waals surface area (Å²) in [5.74, 6) is 0. The first-order chi connectivity index (χ1) is 13.1. The number of H-pyrrole nitrogens is 2. The van der Waals surface area contributed by atoms with Gasteiger partial charge in [-0.15, -0.1) is 0 Å². The van der Waals surface area contributed by atoms with Crippen molar-refractivity contribution in [2.24, 2.45) is 7.05 Å². The van der Waals surface area contributed by atoms with E-state index in [9.17, 15) is 0 Å². The number of nitrogens with zero attached hydrogens (tertiary/aromatic N) is 1. The number of hydrogen-bond acceptors (Lipinski definition) is 0. The van der Waals surface area contributed by atoms with Gasteiger partial charge in [0.25, 0.3) is 0 Å². The molecule has 0 aliphatic carbocycles. The zero-order valence-corrected chi connectivity index (χ0v) is 15.6. The number of nitrogens with one attached hydrogen (secondary N) is 2. The van der Waals surface area contributed by atoms with Crippen molar-refractivity contribution in [1.29, 1.82) is 0 Å². The smallest absolute Gasteiger partial charge is 0.0462 e. The van der Waals surface area contributed by atoms with Crippen molar-refractivity contribution < 1.29 is 0 Å². The van der Waals surface area contributed by atoms with E-state index < -0.39 is 0 Å². The summed E-state index contributed by atoms with van der Waals surface area (Å²) in [5.41, 5.74) is 8.09. The van der Waals surface area contributed by atoms with Crippen molar-refractivity contribution in [1.82, 2.24) is 14.5 Å². The molecule has 0 saturated carbocycles. The Hall–Kier alpha value is -3.46. The monoisotopic (exact) mass is 351 g/mol. The zero-order chi connectivity index (χ0) is 18.7. The van der Waals surface area contributed by atoms with Crippen LogP contribution in [0.25, 0.3) is 57.2 Å². The molecule has 0 bridgehead atoms.